The highest BCUT2D eigenvalue weighted by atomic mass is 16.3. The quantitative estimate of drug-likeness (QED) is 0.838. The molecule has 1 unspecified atom stereocenters. The third-order valence-electron chi connectivity index (χ3n) is 4.12. The van der Waals surface area contributed by atoms with Gasteiger partial charge in [-0.05, 0) is 45.2 Å². The summed E-state index contributed by atoms with van der Waals surface area (Å²) in [7, 11) is 0. The van der Waals surface area contributed by atoms with E-state index in [4.69, 9.17) is 0 Å². The number of β-amino-alcohol motifs (C(OH)–C–C–N with tert-alkyl or cyclic N) is 1. The maximum absolute atomic E-state index is 10.2. The molecular weight excluding hydrogens is 264 g/mol. The van der Waals surface area contributed by atoms with E-state index >= 15 is 0 Å². The van der Waals surface area contributed by atoms with Crippen molar-refractivity contribution in [1.29, 1.82) is 0 Å². The predicted octanol–water partition coefficient (Wildman–Crippen LogP) is 1.85. The number of hydrogen-bond donors (Lipinski definition) is 2. The second kappa shape index (κ2) is 7.71. The largest absolute Gasteiger partial charge is 0.390 e. The van der Waals surface area contributed by atoms with Crippen LogP contribution in [0.15, 0.2) is 6.07 Å². The number of aliphatic hydroxyl groups is 1. The molecule has 1 fully saturated rings. The van der Waals surface area contributed by atoms with Crippen molar-refractivity contribution in [3.63, 3.8) is 0 Å². The second-order valence-electron chi connectivity index (χ2n) is 6.16. The van der Waals surface area contributed by atoms with E-state index in [0.717, 1.165) is 49.3 Å². The topological polar surface area (TPSA) is 61.3 Å². The minimum atomic E-state index is -0.362. The van der Waals surface area contributed by atoms with Crippen molar-refractivity contribution in [2.45, 2.75) is 46.1 Å². The van der Waals surface area contributed by atoms with Gasteiger partial charge in [0, 0.05) is 24.8 Å². The monoisotopic (exact) mass is 292 g/mol. The number of aliphatic hydroxyl groups excluding tert-OH is 1. The number of piperidine rings is 1. The van der Waals surface area contributed by atoms with Gasteiger partial charge in [0.15, 0.2) is 0 Å². The zero-order valence-corrected chi connectivity index (χ0v) is 13.5. The van der Waals surface area contributed by atoms with Crippen LogP contribution in [0.1, 0.15) is 38.2 Å². The highest BCUT2D eigenvalue weighted by Crippen LogP contribution is 2.16. The summed E-state index contributed by atoms with van der Waals surface area (Å²) in [6, 6.07) is 1.96. The van der Waals surface area contributed by atoms with Crippen LogP contribution in [-0.2, 0) is 6.42 Å². The van der Waals surface area contributed by atoms with Gasteiger partial charge >= 0.3 is 0 Å². The average Bonchev–Trinajstić information content (AvgIpc) is 2.47. The Bertz CT molecular complexity index is 444. The lowest BCUT2D eigenvalue weighted by atomic mass is 9.99. The van der Waals surface area contributed by atoms with Gasteiger partial charge in [-0.3, -0.25) is 0 Å². The maximum atomic E-state index is 10.2. The lowest BCUT2D eigenvalue weighted by molar-refractivity contribution is 0.0989. The maximum Gasteiger partial charge on any atom is 0.130 e. The van der Waals surface area contributed by atoms with Crippen molar-refractivity contribution >= 4 is 5.82 Å². The van der Waals surface area contributed by atoms with Gasteiger partial charge in [0.05, 0.1) is 6.10 Å². The smallest absolute Gasteiger partial charge is 0.130 e. The molecule has 2 rings (SSSR count). The molecule has 2 heterocycles. The van der Waals surface area contributed by atoms with E-state index in [0.29, 0.717) is 6.54 Å². The molecule has 1 aromatic heterocycles. The number of nitrogens with zero attached hydrogens (tertiary/aromatic N) is 3. The van der Waals surface area contributed by atoms with Gasteiger partial charge in [0.1, 0.15) is 11.6 Å². The molecule has 0 bridgehead atoms. The molecule has 0 aromatic carbocycles. The number of aryl methyl sites for hydroxylation is 2. The van der Waals surface area contributed by atoms with Crippen molar-refractivity contribution in [2.75, 3.05) is 31.5 Å². The normalized spacial score (nSPS) is 18.7. The molecule has 5 heteroatoms. The molecule has 0 spiro atoms. The molecule has 1 atom stereocenters. The molecule has 1 aliphatic rings. The SMILES string of the molecule is CCc1cc(NCC(O)CN2CCC(C)CC2)nc(C)n1. The zero-order chi connectivity index (χ0) is 15.2. The van der Waals surface area contributed by atoms with E-state index in [9.17, 15) is 5.11 Å². The highest BCUT2D eigenvalue weighted by Gasteiger charge is 2.18. The fourth-order valence-corrected chi connectivity index (χ4v) is 2.73. The van der Waals surface area contributed by atoms with Gasteiger partial charge in [0.2, 0.25) is 0 Å². The van der Waals surface area contributed by atoms with Crippen LogP contribution in [0.25, 0.3) is 0 Å². The third-order valence-corrected chi connectivity index (χ3v) is 4.12. The van der Waals surface area contributed by atoms with Gasteiger partial charge < -0.3 is 15.3 Å². The Labute approximate surface area is 127 Å². The summed E-state index contributed by atoms with van der Waals surface area (Å²) < 4.78 is 0. The number of likely N-dealkylation sites (tertiary alicyclic amines) is 1. The van der Waals surface area contributed by atoms with Crippen LogP contribution in [0.5, 0.6) is 0 Å². The molecule has 118 valence electrons. The first-order valence-corrected chi connectivity index (χ1v) is 8.05. The fraction of sp³-hybridized carbons (Fsp3) is 0.750. The van der Waals surface area contributed by atoms with E-state index in [1.54, 1.807) is 0 Å². The first kappa shape index (κ1) is 16.2. The summed E-state index contributed by atoms with van der Waals surface area (Å²) in [6.45, 7) is 9.76. The Kier molecular flexibility index (Phi) is 5.94. The summed E-state index contributed by atoms with van der Waals surface area (Å²) in [5.41, 5.74) is 1.03. The standard InChI is InChI=1S/C16H28N4O/c1-4-14-9-16(19-13(3)18-14)17-10-15(21)11-20-7-5-12(2)6-8-20/h9,12,15,21H,4-8,10-11H2,1-3H3,(H,17,18,19). The number of nitrogens with one attached hydrogen (secondary N) is 1. The fourth-order valence-electron chi connectivity index (χ4n) is 2.73. The van der Waals surface area contributed by atoms with Gasteiger partial charge in [-0.25, -0.2) is 9.97 Å². The average molecular weight is 292 g/mol. The van der Waals surface area contributed by atoms with Gasteiger partial charge in [-0.2, -0.15) is 0 Å². The molecule has 2 N–H and O–H groups in total. The molecular formula is C16H28N4O. The Morgan fingerprint density at radius 1 is 1.38 bits per heavy atom. The molecule has 0 aliphatic carbocycles. The van der Waals surface area contributed by atoms with E-state index < -0.39 is 0 Å². The number of anilines is 1. The van der Waals surface area contributed by atoms with Crippen LogP contribution < -0.4 is 5.32 Å². The van der Waals surface area contributed by atoms with E-state index in [1.807, 2.05) is 13.0 Å². The Hall–Kier alpha value is -1.20. The number of hydrogen-bond acceptors (Lipinski definition) is 5. The third kappa shape index (κ3) is 5.25. The van der Waals surface area contributed by atoms with Gasteiger partial charge in [-0.1, -0.05) is 13.8 Å². The van der Waals surface area contributed by atoms with Gasteiger partial charge in [-0.15, -0.1) is 0 Å². The molecule has 0 saturated carbocycles. The van der Waals surface area contributed by atoms with E-state index in [2.05, 4.69) is 34.0 Å². The molecule has 1 saturated heterocycles. The zero-order valence-electron chi connectivity index (χ0n) is 13.5. The molecule has 1 aromatic rings. The summed E-state index contributed by atoms with van der Waals surface area (Å²) in [5.74, 6) is 2.41. The van der Waals surface area contributed by atoms with Crippen LogP contribution >= 0.6 is 0 Å². The first-order chi connectivity index (χ1) is 10.1. The molecule has 0 radical (unpaired) electrons. The predicted molar refractivity (Wildman–Crippen MR) is 85.5 cm³/mol. The second-order valence-corrected chi connectivity index (χ2v) is 6.16. The Morgan fingerprint density at radius 3 is 2.76 bits per heavy atom. The van der Waals surface area contributed by atoms with Crippen LogP contribution in [0.3, 0.4) is 0 Å². The molecule has 1 aliphatic heterocycles. The van der Waals surface area contributed by atoms with Crippen molar-refractivity contribution in [3.8, 4) is 0 Å². The summed E-state index contributed by atoms with van der Waals surface area (Å²) in [6.07, 6.45) is 3.02. The van der Waals surface area contributed by atoms with Crippen LogP contribution in [0, 0.1) is 12.8 Å². The minimum absolute atomic E-state index is 0.362. The molecule has 21 heavy (non-hydrogen) atoms. The lowest BCUT2D eigenvalue weighted by Gasteiger charge is -2.31. The summed E-state index contributed by atoms with van der Waals surface area (Å²) >= 11 is 0. The number of aromatic nitrogens is 2. The van der Waals surface area contributed by atoms with Crippen LogP contribution in [0.4, 0.5) is 5.82 Å². The minimum Gasteiger partial charge on any atom is -0.390 e. The van der Waals surface area contributed by atoms with Crippen molar-refractivity contribution in [1.82, 2.24) is 14.9 Å². The van der Waals surface area contributed by atoms with Gasteiger partial charge in [0.25, 0.3) is 0 Å². The highest BCUT2D eigenvalue weighted by molar-refractivity contribution is 5.36. The number of rotatable bonds is 6. The van der Waals surface area contributed by atoms with Crippen molar-refractivity contribution in [2.24, 2.45) is 5.92 Å². The lowest BCUT2D eigenvalue weighted by Crippen LogP contribution is -2.40. The molecule has 0 amide bonds. The first-order valence-electron chi connectivity index (χ1n) is 8.05. The summed E-state index contributed by atoms with van der Waals surface area (Å²) in [5, 5.41) is 13.4. The summed E-state index contributed by atoms with van der Waals surface area (Å²) in [4.78, 5) is 11.1. The van der Waals surface area contributed by atoms with Crippen molar-refractivity contribution in [3.05, 3.63) is 17.6 Å². The Balaban J connectivity index is 1.78. The Morgan fingerprint density at radius 2 is 2.10 bits per heavy atom. The van der Waals surface area contributed by atoms with E-state index in [-0.39, 0.29) is 6.10 Å². The van der Waals surface area contributed by atoms with Crippen LogP contribution in [-0.4, -0.2) is 52.3 Å². The van der Waals surface area contributed by atoms with Crippen LogP contribution in [0.2, 0.25) is 0 Å². The van der Waals surface area contributed by atoms with E-state index in [1.165, 1.54) is 12.8 Å². The van der Waals surface area contributed by atoms with Crippen molar-refractivity contribution < 1.29 is 5.11 Å². The molecule has 5 nitrogen and oxygen atoms in total.